The molecule has 0 saturated carbocycles. The minimum Gasteiger partial charge on any atom is -0.375 e. The maximum Gasteiger partial charge on any atom is 0.317 e. The average Bonchev–Trinajstić information content (AvgIpc) is 2.90. The van der Waals surface area contributed by atoms with Crippen LogP contribution in [0.25, 0.3) is 0 Å². The van der Waals surface area contributed by atoms with Crippen LogP contribution in [-0.4, -0.2) is 56.2 Å². The van der Waals surface area contributed by atoms with E-state index in [2.05, 4.69) is 10.6 Å². The van der Waals surface area contributed by atoms with Crippen LogP contribution in [0.1, 0.15) is 5.56 Å². The maximum absolute atomic E-state index is 13.3. The van der Waals surface area contributed by atoms with E-state index in [0.717, 1.165) is 5.56 Å². The minimum absolute atomic E-state index is 0.0289. The predicted molar refractivity (Wildman–Crippen MR) is 78.9 cm³/mol. The highest BCUT2D eigenvalue weighted by molar-refractivity contribution is 5.78. The summed E-state index contributed by atoms with van der Waals surface area (Å²) >= 11 is 0. The van der Waals surface area contributed by atoms with Gasteiger partial charge in [-0.15, -0.1) is 0 Å². The molecule has 1 fully saturated rings. The highest BCUT2D eigenvalue weighted by atomic mass is 19.1. The first-order valence-corrected chi connectivity index (χ1v) is 7.14. The number of benzene rings is 1. The summed E-state index contributed by atoms with van der Waals surface area (Å²) < 4.78 is 18.1. The lowest BCUT2D eigenvalue weighted by molar-refractivity contribution is -0.124. The van der Waals surface area contributed by atoms with Crippen molar-refractivity contribution in [1.82, 2.24) is 15.5 Å². The molecule has 7 heteroatoms. The van der Waals surface area contributed by atoms with Gasteiger partial charge in [-0.2, -0.15) is 0 Å². The van der Waals surface area contributed by atoms with Gasteiger partial charge in [0.25, 0.3) is 0 Å². The summed E-state index contributed by atoms with van der Waals surface area (Å²) in [4.78, 5) is 25.0. The number of urea groups is 1. The van der Waals surface area contributed by atoms with E-state index in [-0.39, 0.29) is 30.4 Å². The number of methoxy groups -OCH3 is 1. The molecule has 1 aromatic carbocycles. The van der Waals surface area contributed by atoms with Crippen molar-refractivity contribution in [1.29, 1.82) is 0 Å². The molecule has 3 amide bonds. The third-order valence-corrected chi connectivity index (χ3v) is 3.50. The molecule has 6 nitrogen and oxygen atoms in total. The highest BCUT2D eigenvalue weighted by Gasteiger charge is 2.28. The first-order valence-electron chi connectivity index (χ1n) is 7.14. The third-order valence-electron chi connectivity index (χ3n) is 3.50. The number of carbonyl (C=O) groups excluding carboxylic acids is 2. The summed E-state index contributed by atoms with van der Waals surface area (Å²) in [7, 11) is 1.44. The van der Waals surface area contributed by atoms with E-state index < -0.39 is 0 Å². The van der Waals surface area contributed by atoms with Crippen LogP contribution >= 0.6 is 0 Å². The van der Waals surface area contributed by atoms with Crippen LogP contribution in [-0.2, 0) is 16.0 Å². The fourth-order valence-electron chi connectivity index (χ4n) is 2.48. The van der Waals surface area contributed by atoms with E-state index in [1.54, 1.807) is 17.0 Å². The lowest BCUT2D eigenvalue weighted by Gasteiger charge is -2.27. The molecule has 0 spiro atoms. The molecular weight excluding hydrogens is 289 g/mol. The monoisotopic (exact) mass is 309 g/mol. The number of nitrogens with one attached hydrogen (secondary N) is 2. The van der Waals surface area contributed by atoms with E-state index in [0.29, 0.717) is 26.1 Å². The van der Waals surface area contributed by atoms with E-state index in [1.807, 2.05) is 0 Å². The Kier molecular flexibility index (Phi) is 5.71. The van der Waals surface area contributed by atoms with E-state index in [1.165, 1.54) is 19.2 Å². The van der Waals surface area contributed by atoms with Gasteiger partial charge in [0.15, 0.2) is 0 Å². The van der Waals surface area contributed by atoms with Gasteiger partial charge in [0, 0.05) is 26.7 Å². The second-order valence-electron chi connectivity index (χ2n) is 5.15. The first kappa shape index (κ1) is 16.2. The second-order valence-corrected chi connectivity index (χ2v) is 5.15. The number of hydrogen-bond donors (Lipinski definition) is 2. The summed E-state index contributed by atoms with van der Waals surface area (Å²) in [5, 5.41) is 5.47. The molecule has 0 aliphatic carbocycles. The molecule has 120 valence electrons. The number of carbonyl (C=O) groups is 2. The minimum atomic E-state index is -0.314. The van der Waals surface area contributed by atoms with Crippen LogP contribution < -0.4 is 10.6 Å². The molecule has 1 aliphatic heterocycles. The fraction of sp³-hybridized carbons (Fsp3) is 0.467. The lowest BCUT2D eigenvalue weighted by Crippen LogP contribution is -2.47. The topological polar surface area (TPSA) is 70.7 Å². The molecule has 1 aromatic rings. The average molecular weight is 309 g/mol. The summed E-state index contributed by atoms with van der Waals surface area (Å²) in [5.41, 5.74) is 0.783. The SMILES string of the molecule is COCC(=O)NC[C@@H](Cc1cccc(F)c1)N1CCNC1=O. The van der Waals surface area contributed by atoms with Crippen molar-refractivity contribution in [3.63, 3.8) is 0 Å². The largest absolute Gasteiger partial charge is 0.375 e. The van der Waals surface area contributed by atoms with E-state index >= 15 is 0 Å². The standard InChI is InChI=1S/C15H20FN3O3/c1-22-10-14(20)18-9-13(19-6-5-17-15(19)21)8-11-3-2-4-12(16)7-11/h2-4,7,13H,5-6,8-10H2,1H3,(H,17,21)(H,18,20)/t13-/m1/s1. The van der Waals surface area contributed by atoms with Crippen LogP contribution in [0.15, 0.2) is 24.3 Å². The van der Waals surface area contributed by atoms with Gasteiger partial charge in [0.2, 0.25) is 5.91 Å². The number of rotatable bonds is 7. The Balaban J connectivity index is 2.04. The van der Waals surface area contributed by atoms with Gasteiger partial charge < -0.3 is 20.3 Å². The molecule has 1 aliphatic rings. The Labute approximate surface area is 128 Å². The quantitative estimate of drug-likeness (QED) is 0.771. The molecule has 0 radical (unpaired) electrons. The Bertz CT molecular complexity index is 539. The molecule has 22 heavy (non-hydrogen) atoms. The zero-order chi connectivity index (χ0) is 15.9. The van der Waals surface area contributed by atoms with E-state index in [9.17, 15) is 14.0 Å². The normalized spacial score (nSPS) is 15.5. The van der Waals surface area contributed by atoms with Crippen molar-refractivity contribution in [3.8, 4) is 0 Å². The van der Waals surface area contributed by atoms with Crippen LogP contribution in [0.2, 0.25) is 0 Å². The summed E-state index contributed by atoms with van der Waals surface area (Å²) in [6.45, 7) is 1.41. The van der Waals surface area contributed by atoms with Gasteiger partial charge in [-0.05, 0) is 24.1 Å². The number of halogens is 1. The lowest BCUT2D eigenvalue weighted by atomic mass is 10.0. The molecule has 0 unspecified atom stereocenters. The number of ether oxygens (including phenoxy) is 1. The van der Waals surface area contributed by atoms with Crippen molar-refractivity contribution in [2.24, 2.45) is 0 Å². The van der Waals surface area contributed by atoms with Gasteiger partial charge in [0.05, 0.1) is 6.04 Å². The summed E-state index contributed by atoms with van der Waals surface area (Å²) in [6.07, 6.45) is 0.471. The Morgan fingerprint density at radius 2 is 2.36 bits per heavy atom. The van der Waals surface area contributed by atoms with Crippen LogP contribution in [0, 0.1) is 5.82 Å². The molecular formula is C15H20FN3O3. The van der Waals surface area contributed by atoms with Crippen LogP contribution in [0.3, 0.4) is 0 Å². The van der Waals surface area contributed by atoms with Crippen molar-refractivity contribution in [2.75, 3.05) is 33.4 Å². The van der Waals surface area contributed by atoms with Crippen molar-refractivity contribution >= 4 is 11.9 Å². The Hall–Kier alpha value is -2.15. The molecule has 2 N–H and O–H groups in total. The fourth-order valence-corrected chi connectivity index (χ4v) is 2.48. The zero-order valence-corrected chi connectivity index (χ0v) is 12.5. The van der Waals surface area contributed by atoms with Gasteiger partial charge >= 0.3 is 6.03 Å². The Morgan fingerprint density at radius 3 is 3.00 bits per heavy atom. The van der Waals surface area contributed by atoms with Gasteiger partial charge in [0.1, 0.15) is 12.4 Å². The van der Waals surface area contributed by atoms with Crippen molar-refractivity contribution in [3.05, 3.63) is 35.6 Å². The smallest absolute Gasteiger partial charge is 0.317 e. The maximum atomic E-state index is 13.3. The van der Waals surface area contributed by atoms with Crippen LogP contribution in [0.5, 0.6) is 0 Å². The van der Waals surface area contributed by atoms with Gasteiger partial charge in [-0.3, -0.25) is 4.79 Å². The van der Waals surface area contributed by atoms with E-state index in [4.69, 9.17) is 4.74 Å². The number of nitrogens with zero attached hydrogens (tertiary/aromatic N) is 1. The molecule has 0 bridgehead atoms. The summed E-state index contributed by atoms with van der Waals surface area (Å²) in [6, 6.07) is 5.86. The van der Waals surface area contributed by atoms with Crippen LogP contribution in [0.4, 0.5) is 9.18 Å². The van der Waals surface area contributed by atoms with Crippen molar-refractivity contribution in [2.45, 2.75) is 12.5 Å². The molecule has 1 heterocycles. The number of amides is 3. The van der Waals surface area contributed by atoms with Crippen molar-refractivity contribution < 1.29 is 18.7 Å². The first-order chi connectivity index (χ1) is 10.6. The number of hydrogen-bond acceptors (Lipinski definition) is 3. The predicted octanol–water partition coefficient (Wildman–Crippen LogP) is 0.525. The molecule has 0 aromatic heterocycles. The molecule has 1 atom stereocenters. The Morgan fingerprint density at radius 1 is 1.55 bits per heavy atom. The molecule has 2 rings (SSSR count). The molecule has 1 saturated heterocycles. The third kappa shape index (κ3) is 4.42. The highest BCUT2D eigenvalue weighted by Crippen LogP contribution is 2.12. The zero-order valence-electron chi connectivity index (χ0n) is 12.5. The summed E-state index contributed by atoms with van der Waals surface area (Å²) in [5.74, 6) is -0.558. The second kappa shape index (κ2) is 7.74. The van der Waals surface area contributed by atoms with Gasteiger partial charge in [-0.1, -0.05) is 12.1 Å². The van der Waals surface area contributed by atoms with Gasteiger partial charge in [-0.25, -0.2) is 9.18 Å².